The first-order valence-electron chi connectivity index (χ1n) is 5.90. The summed E-state index contributed by atoms with van der Waals surface area (Å²) in [6.07, 6.45) is 4.68. The number of hydrogen-bond donors (Lipinski definition) is 2. The van der Waals surface area contributed by atoms with Gasteiger partial charge in [0.2, 0.25) is 0 Å². The van der Waals surface area contributed by atoms with Gasteiger partial charge in [-0.3, -0.25) is 0 Å². The first kappa shape index (κ1) is 12.1. The number of aliphatic hydroxyl groups is 1. The van der Waals surface area contributed by atoms with Gasteiger partial charge in [-0.15, -0.1) is 0 Å². The molecule has 1 aliphatic heterocycles. The van der Waals surface area contributed by atoms with Gasteiger partial charge in [-0.1, -0.05) is 12.1 Å². The number of benzene rings is 1. The zero-order valence-electron chi connectivity index (χ0n) is 10.3. The summed E-state index contributed by atoms with van der Waals surface area (Å²) < 4.78 is 5.84. The van der Waals surface area contributed by atoms with Gasteiger partial charge in [0.05, 0.1) is 0 Å². The molecule has 0 aromatic heterocycles. The molecule has 3 N–H and O–H groups in total. The number of nitrogens with two attached hydrogens (primary N) is 1. The molecular weight excluding hydrogens is 214 g/mol. The fourth-order valence-electron chi connectivity index (χ4n) is 1.93. The molecule has 1 aromatic rings. The van der Waals surface area contributed by atoms with Crippen LogP contribution in [0.1, 0.15) is 37.4 Å². The average Bonchev–Trinajstić information content (AvgIpc) is 2.27. The Labute approximate surface area is 102 Å². The van der Waals surface area contributed by atoms with Gasteiger partial charge in [-0.05, 0) is 44.0 Å². The number of hydrogen-bond acceptors (Lipinski definition) is 3. The molecule has 0 saturated heterocycles. The van der Waals surface area contributed by atoms with E-state index in [-0.39, 0.29) is 18.2 Å². The summed E-state index contributed by atoms with van der Waals surface area (Å²) in [4.78, 5) is 0. The summed E-state index contributed by atoms with van der Waals surface area (Å²) in [5.74, 6) is 0.887. The monoisotopic (exact) mass is 233 g/mol. The minimum atomic E-state index is -0.248. The summed E-state index contributed by atoms with van der Waals surface area (Å²) >= 11 is 0. The summed E-state index contributed by atoms with van der Waals surface area (Å²) in [6.45, 7) is 4.16. The predicted molar refractivity (Wildman–Crippen MR) is 68.8 cm³/mol. The molecular formula is C14H19NO2. The minimum absolute atomic E-state index is 0.109. The van der Waals surface area contributed by atoms with Gasteiger partial charge >= 0.3 is 0 Å². The van der Waals surface area contributed by atoms with E-state index in [1.165, 1.54) is 0 Å². The molecule has 3 heteroatoms. The van der Waals surface area contributed by atoms with E-state index >= 15 is 0 Å². The zero-order chi connectivity index (χ0) is 12.5. The molecule has 0 saturated carbocycles. The Kier molecular flexibility index (Phi) is 3.22. The summed E-state index contributed by atoms with van der Waals surface area (Å²) in [7, 11) is 0. The quantitative estimate of drug-likeness (QED) is 0.842. The molecule has 1 heterocycles. The molecule has 1 aromatic carbocycles. The van der Waals surface area contributed by atoms with Crippen molar-refractivity contribution in [3.63, 3.8) is 0 Å². The molecule has 0 bridgehead atoms. The van der Waals surface area contributed by atoms with Crippen LogP contribution in [0.5, 0.6) is 5.75 Å². The van der Waals surface area contributed by atoms with Crippen molar-refractivity contribution in [3.8, 4) is 5.75 Å². The highest BCUT2D eigenvalue weighted by molar-refractivity contribution is 5.62. The van der Waals surface area contributed by atoms with E-state index in [0.29, 0.717) is 6.42 Å². The van der Waals surface area contributed by atoms with Crippen LogP contribution < -0.4 is 10.5 Å². The third kappa shape index (κ3) is 2.68. The molecule has 0 spiro atoms. The Morgan fingerprint density at radius 2 is 2.18 bits per heavy atom. The van der Waals surface area contributed by atoms with Gasteiger partial charge in [0.25, 0.3) is 0 Å². The summed E-state index contributed by atoms with van der Waals surface area (Å²) in [5, 5.41) is 8.89. The number of ether oxygens (including phenoxy) is 1. The normalized spacial score (nSPS) is 18.4. The van der Waals surface area contributed by atoms with Crippen molar-refractivity contribution in [1.29, 1.82) is 0 Å². The number of fused-ring (bicyclic) bond motifs is 1. The molecule has 17 heavy (non-hydrogen) atoms. The third-order valence-electron chi connectivity index (χ3n) is 2.94. The third-order valence-corrected chi connectivity index (χ3v) is 2.94. The minimum Gasteiger partial charge on any atom is -0.483 e. The van der Waals surface area contributed by atoms with Gasteiger partial charge in [0.1, 0.15) is 11.4 Å². The van der Waals surface area contributed by atoms with E-state index in [0.717, 1.165) is 16.9 Å². The van der Waals surface area contributed by atoms with Crippen molar-refractivity contribution in [2.75, 3.05) is 6.61 Å². The molecule has 0 radical (unpaired) electrons. The second-order valence-corrected chi connectivity index (χ2v) is 4.95. The maximum absolute atomic E-state index is 8.89. The van der Waals surface area contributed by atoms with E-state index in [9.17, 15) is 0 Å². The Morgan fingerprint density at radius 3 is 2.88 bits per heavy atom. The van der Waals surface area contributed by atoms with Crippen molar-refractivity contribution in [3.05, 3.63) is 35.4 Å². The molecule has 0 amide bonds. The Hall–Kier alpha value is -1.32. The van der Waals surface area contributed by atoms with Crippen molar-refractivity contribution >= 4 is 6.08 Å². The van der Waals surface area contributed by atoms with Crippen molar-refractivity contribution in [1.82, 2.24) is 0 Å². The molecule has 1 unspecified atom stereocenters. The second-order valence-electron chi connectivity index (χ2n) is 4.95. The van der Waals surface area contributed by atoms with Crippen LogP contribution in [0.3, 0.4) is 0 Å². The Morgan fingerprint density at radius 1 is 1.41 bits per heavy atom. The topological polar surface area (TPSA) is 55.5 Å². The van der Waals surface area contributed by atoms with Crippen molar-refractivity contribution in [2.24, 2.45) is 5.73 Å². The van der Waals surface area contributed by atoms with Crippen molar-refractivity contribution in [2.45, 2.75) is 31.9 Å². The molecule has 0 aliphatic carbocycles. The smallest absolute Gasteiger partial charge is 0.127 e. The molecule has 92 valence electrons. The van der Waals surface area contributed by atoms with Gasteiger partial charge < -0.3 is 15.6 Å². The molecule has 1 aliphatic rings. The van der Waals surface area contributed by atoms with E-state index in [4.69, 9.17) is 15.6 Å². The van der Waals surface area contributed by atoms with Crippen LogP contribution in [-0.2, 0) is 0 Å². The fourth-order valence-corrected chi connectivity index (χ4v) is 1.93. The number of aliphatic hydroxyl groups excluding tert-OH is 1. The highest BCUT2D eigenvalue weighted by Crippen LogP contribution is 2.32. The van der Waals surface area contributed by atoms with Crippen LogP contribution in [0, 0.1) is 0 Å². The van der Waals surface area contributed by atoms with Crippen LogP contribution >= 0.6 is 0 Å². The van der Waals surface area contributed by atoms with Gasteiger partial charge in [-0.25, -0.2) is 0 Å². The van der Waals surface area contributed by atoms with Crippen LogP contribution in [-0.4, -0.2) is 17.3 Å². The average molecular weight is 233 g/mol. The Balaban J connectivity index is 2.27. The summed E-state index contributed by atoms with van der Waals surface area (Å²) in [5.41, 5.74) is 7.80. The zero-order valence-corrected chi connectivity index (χ0v) is 10.3. The largest absolute Gasteiger partial charge is 0.483 e. The van der Waals surface area contributed by atoms with E-state index < -0.39 is 0 Å². The first-order chi connectivity index (χ1) is 8.02. The van der Waals surface area contributed by atoms with Crippen molar-refractivity contribution < 1.29 is 9.84 Å². The van der Waals surface area contributed by atoms with Crippen LogP contribution in [0.2, 0.25) is 0 Å². The summed E-state index contributed by atoms with van der Waals surface area (Å²) in [6, 6.07) is 5.83. The standard InChI is InChI=1S/C14H19NO2/c1-14(2)7-5-11-9-10(12(15)6-8-16)3-4-13(11)17-14/h3-5,7,9,12,16H,6,8,15H2,1-2H3. The van der Waals surface area contributed by atoms with E-state index in [1.807, 2.05) is 38.1 Å². The van der Waals surface area contributed by atoms with Gasteiger partial charge in [0, 0.05) is 18.2 Å². The Bertz CT molecular complexity index is 438. The van der Waals surface area contributed by atoms with Crippen LogP contribution in [0.25, 0.3) is 6.08 Å². The lowest BCUT2D eigenvalue weighted by Gasteiger charge is -2.28. The fraction of sp³-hybridized carbons (Fsp3) is 0.429. The lowest BCUT2D eigenvalue weighted by atomic mass is 9.97. The van der Waals surface area contributed by atoms with E-state index in [2.05, 4.69) is 6.08 Å². The maximum Gasteiger partial charge on any atom is 0.127 e. The highest BCUT2D eigenvalue weighted by Gasteiger charge is 2.21. The maximum atomic E-state index is 8.89. The van der Waals surface area contributed by atoms with Gasteiger partial charge in [0.15, 0.2) is 0 Å². The SMILES string of the molecule is CC1(C)C=Cc2cc(C(N)CCO)ccc2O1. The molecule has 1 atom stereocenters. The number of rotatable bonds is 3. The molecule has 3 nitrogen and oxygen atoms in total. The lowest BCUT2D eigenvalue weighted by Crippen LogP contribution is -2.27. The van der Waals surface area contributed by atoms with Crippen LogP contribution in [0.15, 0.2) is 24.3 Å². The first-order valence-corrected chi connectivity index (χ1v) is 5.90. The lowest BCUT2D eigenvalue weighted by molar-refractivity contribution is 0.159. The predicted octanol–water partition coefficient (Wildman–Crippen LogP) is 2.25. The highest BCUT2D eigenvalue weighted by atomic mass is 16.5. The molecule has 2 rings (SSSR count). The van der Waals surface area contributed by atoms with Gasteiger partial charge in [-0.2, -0.15) is 0 Å². The van der Waals surface area contributed by atoms with Crippen LogP contribution in [0.4, 0.5) is 0 Å². The molecule has 0 fully saturated rings. The van der Waals surface area contributed by atoms with E-state index in [1.54, 1.807) is 0 Å². The second kappa shape index (κ2) is 4.51.